The Hall–Kier alpha value is -2.63. The Bertz CT molecular complexity index is 638. The van der Waals surface area contributed by atoms with Crippen LogP contribution in [-0.4, -0.2) is 24.8 Å². The lowest BCUT2D eigenvalue weighted by molar-refractivity contribution is 0.720. The van der Waals surface area contributed by atoms with Crippen LogP contribution >= 0.6 is 0 Å². The Balaban J connectivity index is 1.68. The van der Waals surface area contributed by atoms with Gasteiger partial charge >= 0.3 is 0 Å². The molecular formula is C13H14N6. The Morgan fingerprint density at radius 1 is 0.947 bits per heavy atom. The van der Waals surface area contributed by atoms with Gasteiger partial charge in [-0.15, -0.1) is 0 Å². The molecule has 6 heteroatoms. The third kappa shape index (κ3) is 2.47. The molecule has 0 amide bonds. The lowest BCUT2D eigenvalue weighted by Gasteiger charge is -2.07. The zero-order valence-electron chi connectivity index (χ0n) is 10.6. The van der Waals surface area contributed by atoms with Crippen molar-refractivity contribution in [3.05, 3.63) is 54.6 Å². The number of hydrogen-bond acceptors (Lipinski definition) is 4. The van der Waals surface area contributed by atoms with E-state index < -0.39 is 0 Å². The molecule has 0 saturated carbocycles. The average Bonchev–Trinajstić information content (AvgIpc) is 3.09. The van der Waals surface area contributed by atoms with Gasteiger partial charge in [0.1, 0.15) is 0 Å². The maximum absolute atomic E-state index is 4.13. The summed E-state index contributed by atoms with van der Waals surface area (Å²) in [5, 5.41) is 15.7. The van der Waals surface area contributed by atoms with Crippen LogP contribution < -0.4 is 5.32 Å². The van der Waals surface area contributed by atoms with Crippen molar-refractivity contribution < 1.29 is 0 Å². The maximum atomic E-state index is 4.13. The summed E-state index contributed by atoms with van der Waals surface area (Å²) in [5.41, 5.74) is 3.13. The van der Waals surface area contributed by atoms with E-state index in [1.807, 2.05) is 42.1 Å². The SMILES string of the molecule is Cn1nccc1CNc1ccc(-n2nccn2)cc1. The molecule has 1 N–H and O–H groups in total. The summed E-state index contributed by atoms with van der Waals surface area (Å²) in [6.07, 6.45) is 5.12. The molecule has 6 nitrogen and oxygen atoms in total. The Morgan fingerprint density at radius 2 is 1.68 bits per heavy atom. The summed E-state index contributed by atoms with van der Waals surface area (Å²) < 4.78 is 1.86. The van der Waals surface area contributed by atoms with Crippen molar-refractivity contribution in [1.82, 2.24) is 24.8 Å². The van der Waals surface area contributed by atoms with Gasteiger partial charge in [-0.3, -0.25) is 4.68 Å². The minimum Gasteiger partial charge on any atom is -0.379 e. The number of nitrogens with zero attached hydrogens (tertiary/aromatic N) is 5. The highest BCUT2D eigenvalue weighted by Crippen LogP contribution is 2.12. The first-order valence-electron chi connectivity index (χ1n) is 6.00. The van der Waals surface area contributed by atoms with Crippen molar-refractivity contribution in [3.63, 3.8) is 0 Å². The average molecular weight is 254 g/mol. The van der Waals surface area contributed by atoms with Crippen LogP contribution in [-0.2, 0) is 13.6 Å². The van der Waals surface area contributed by atoms with Gasteiger partial charge in [0.2, 0.25) is 0 Å². The van der Waals surface area contributed by atoms with Gasteiger partial charge in [-0.05, 0) is 30.3 Å². The summed E-state index contributed by atoms with van der Waals surface area (Å²) in [5.74, 6) is 0. The topological polar surface area (TPSA) is 60.6 Å². The van der Waals surface area contributed by atoms with Gasteiger partial charge < -0.3 is 5.32 Å². The van der Waals surface area contributed by atoms with E-state index in [1.54, 1.807) is 23.4 Å². The van der Waals surface area contributed by atoms with E-state index in [2.05, 4.69) is 20.6 Å². The maximum Gasteiger partial charge on any atom is 0.0858 e. The standard InChI is InChI=1S/C13H14N6/c1-18-13(6-7-15-18)10-14-11-2-4-12(5-3-11)19-16-8-9-17-19/h2-9,14H,10H2,1H3. The first-order chi connectivity index (χ1) is 9.33. The second-order valence-electron chi connectivity index (χ2n) is 4.17. The molecule has 0 aliphatic heterocycles. The van der Waals surface area contributed by atoms with Crippen molar-refractivity contribution in [1.29, 1.82) is 0 Å². The first kappa shape index (κ1) is 11.5. The van der Waals surface area contributed by atoms with E-state index in [1.165, 1.54) is 0 Å². The fraction of sp³-hybridized carbons (Fsp3) is 0.154. The summed E-state index contributed by atoms with van der Waals surface area (Å²) in [6, 6.07) is 9.97. The molecular weight excluding hydrogens is 240 g/mol. The minimum atomic E-state index is 0.746. The van der Waals surface area contributed by atoms with Crippen LogP contribution in [0.5, 0.6) is 0 Å². The molecule has 0 saturated heterocycles. The lowest BCUT2D eigenvalue weighted by atomic mass is 10.3. The largest absolute Gasteiger partial charge is 0.379 e. The summed E-state index contributed by atoms with van der Waals surface area (Å²) in [6.45, 7) is 0.746. The summed E-state index contributed by atoms with van der Waals surface area (Å²) >= 11 is 0. The predicted octanol–water partition coefficient (Wildman–Crippen LogP) is 1.61. The predicted molar refractivity (Wildman–Crippen MR) is 71.9 cm³/mol. The highest BCUT2D eigenvalue weighted by molar-refractivity contribution is 5.48. The summed E-state index contributed by atoms with van der Waals surface area (Å²) in [7, 11) is 1.93. The highest BCUT2D eigenvalue weighted by Gasteiger charge is 2.00. The van der Waals surface area contributed by atoms with Crippen LogP contribution in [0.4, 0.5) is 5.69 Å². The third-order valence-electron chi connectivity index (χ3n) is 2.91. The van der Waals surface area contributed by atoms with Crippen molar-refractivity contribution in [2.45, 2.75) is 6.54 Å². The molecule has 0 spiro atoms. The van der Waals surface area contributed by atoms with Gasteiger partial charge in [0.05, 0.1) is 30.3 Å². The molecule has 0 bridgehead atoms. The zero-order chi connectivity index (χ0) is 13.1. The van der Waals surface area contributed by atoms with E-state index in [0.717, 1.165) is 23.6 Å². The number of aryl methyl sites for hydroxylation is 1. The fourth-order valence-corrected chi connectivity index (χ4v) is 1.83. The van der Waals surface area contributed by atoms with Crippen LogP contribution in [0, 0.1) is 0 Å². The smallest absolute Gasteiger partial charge is 0.0858 e. The zero-order valence-corrected chi connectivity index (χ0v) is 10.6. The number of aromatic nitrogens is 5. The van der Waals surface area contributed by atoms with Crippen LogP contribution in [0.1, 0.15) is 5.69 Å². The Labute approximate surface area is 110 Å². The van der Waals surface area contributed by atoms with Crippen LogP contribution in [0.15, 0.2) is 48.9 Å². The van der Waals surface area contributed by atoms with Gasteiger partial charge in [0, 0.05) is 18.9 Å². The summed E-state index contributed by atoms with van der Waals surface area (Å²) in [4.78, 5) is 1.59. The highest BCUT2D eigenvalue weighted by atomic mass is 15.5. The van der Waals surface area contributed by atoms with E-state index in [9.17, 15) is 0 Å². The molecule has 3 rings (SSSR count). The number of nitrogens with one attached hydrogen (secondary N) is 1. The fourth-order valence-electron chi connectivity index (χ4n) is 1.83. The van der Waals surface area contributed by atoms with E-state index in [4.69, 9.17) is 0 Å². The molecule has 0 radical (unpaired) electrons. The lowest BCUT2D eigenvalue weighted by Crippen LogP contribution is -2.05. The van der Waals surface area contributed by atoms with Gasteiger partial charge in [-0.2, -0.15) is 20.1 Å². The number of rotatable bonds is 4. The van der Waals surface area contributed by atoms with E-state index in [0.29, 0.717) is 0 Å². The number of anilines is 1. The molecule has 0 aliphatic rings. The van der Waals surface area contributed by atoms with Gasteiger partial charge in [0.15, 0.2) is 0 Å². The van der Waals surface area contributed by atoms with Gasteiger partial charge in [-0.1, -0.05) is 0 Å². The molecule has 2 heterocycles. The van der Waals surface area contributed by atoms with E-state index in [-0.39, 0.29) is 0 Å². The second kappa shape index (κ2) is 4.93. The Morgan fingerprint density at radius 3 is 2.32 bits per heavy atom. The second-order valence-corrected chi connectivity index (χ2v) is 4.17. The molecule has 0 atom stereocenters. The van der Waals surface area contributed by atoms with Gasteiger partial charge in [-0.25, -0.2) is 0 Å². The molecule has 2 aromatic heterocycles. The van der Waals surface area contributed by atoms with Gasteiger partial charge in [0.25, 0.3) is 0 Å². The molecule has 3 aromatic rings. The minimum absolute atomic E-state index is 0.746. The van der Waals surface area contributed by atoms with Crippen LogP contribution in [0.2, 0.25) is 0 Å². The number of benzene rings is 1. The Kier molecular flexibility index (Phi) is 2.97. The molecule has 96 valence electrons. The normalized spacial score (nSPS) is 10.6. The van der Waals surface area contributed by atoms with Crippen molar-refractivity contribution in [2.24, 2.45) is 7.05 Å². The molecule has 0 aliphatic carbocycles. The molecule has 1 aromatic carbocycles. The van der Waals surface area contributed by atoms with Crippen molar-refractivity contribution in [3.8, 4) is 5.69 Å². The van der Waals surface area contributed by atoms with Crippen LogP contribution in [0.25, 0.3) is 5.69 Å². The number of hydrogen-bond donors (Lipinski definition) is 1. The first-order valence-corrected chi connectivity index (χ1v) is 6.00. The monoisotopic (exact) mass is 254 g/mol. The van der Waals surface area contributed by atoms with E-state index >= 15 is 0 Å². The molecule has 19 heavy (non-hydrogen) atoms. The van der Waals surface area contributed by atoms with Crippen molar-refractivity contribution in [2.75, 3.05) is 5.32 Å². The van der Waals surface area contributed by atoms with Crippen LogP contribution in [0.3, 0.4) is 0 Å². The molecule has 0 fully saturated rings. The molecule has 0 unspecified atom stereocenters. The third-order valence-corrected chi connectivity index (χ3v) is 2.91. The van der Waals surface area contributed by atoms with Crippen molar-refractivity contribution >= 4 is 5.69 Å². The quantitative estimate of drug-likeness (QED) is 0.768.